The molecule has 1 aromatic heterocycles. The second-order valence-electron chi connectivity index (χ2n) is 5.10. The zero-order chi connectivity index (χ0) is 14.5. The van der Waals surface area contributed by atoms with Crippen molar-refractivity contribution in [2.45, 2.75) is 19.3 Å². The van der Waals surface area contributed by atoms with E-state index in [1.165, 1.54) is 18.9 Å². The molecule has 2 heterocycles. The third kappa shape index (κ3) is 3.45. The Bertz CT molecular complexity index is 598. The molecule has 110 valence electrons. The summed E-state index contributed by atoms with van der Waals surface area (Å²) in [5.41, 5.74) is 0.689. The monoisotopic (exact) mass is 287 g/mol. The minimum absolute atomic E-state index is 0.177. The number of anilines is 2. The van der Waals surface area contributed by atoms with Gasteiger partial charge in [-0.25, -0.2) is 4.39 Å². The zero-order valence-electron chi connectivity index (χ0n) is 11.8. The Hall–Kier alpha value is -2.24. The van der Waals surface area contributed by atoms with Crippen LogP contribution in [0.15, 0.2) is 30.5 Å². The Balaban J connectivity index is 1.58. The molecule has 0 bridgehead atoms. The molecule has 1 saturated heterocycles. The molecule has 6 heteroatoms. The van der Waals surface area contributed by atoms with Crippen LogP contribution in [-0.2, 0) is 6.42 Å². The van der Waals surface area contributed by atoms with Gasteiger partial charge < -0.3 is 10.2 Å². The largest absolute Gasteiger partial charge is 0.355 e. The fourth-order valence-corrected chi connectivity index (χ4v) is 2.48. The van der Waals surface area contributed by atoms with Gasteiger partial charge in [-0.2, -0.15) is 10.1 Å². The molecule has 0 unspecified atom stereocenters. The molecule has 0 saturated carbocycles. The quantitative estimate of drug-likeness (QED) is 0.914. The van der Waals surface area contributed by atoms with Crippen molar-refractivity contribution in [2.24, 2.45) is 0 Å². The third-order valence-corrected chi connectivity index (χ3v) is 3.61. The maximum Gasteiger partial charge on any atom is 0.244 e. The van der Waals surface area contributed by atoms with Gasteiger partial charge in [-0.3, -0.25) is 0 Å². The van der Waals surface area contributed by atoms with E-state index in [4.69, 9.17) is 0 Å². The topological polar surface area (TPSA) is 53.9 Å². The first-order valence-corrected chi connectivity index (χ1v) is 7.25. The summed E-state index contributed by atoms with van der Waals surface area (Å²) in [5.74, 6) is 1.18. The molecule has 1 N–H and O–H groups in total. The van der Waals surface area contributed by atoms with Crippen molar-refractivity contribution < 1.29 is 4.39 Å². The first-order valence-electron chi connectivity index (χ1n) is 7.25. The van der Waals surface area contributed by atoms with Crippen LogP contribution in [0.4, 0.5) is 16.2 Å². The minimum Gasteiger partial charge on any atom is -0.355 e. The molecule has 0 aliphatic carbocycles. The zero-order valence-corrected chi connectivity index (χ0v) is 11.8. The number of nitrogens with zero attached hydrogens (tertiary/aromatic N) is 4. The highest BCUT2D eigenvalue weighted by Gasteiger charge is 2.14. The molecule has 1 fully saturated rings. The Labute approximate surface area is 123 Å². The molecule has 2 aromatic rings. The summed E-state index contributed by atoms with van der Waals surface area (Å²) < 4.78 is 13.5. The summed E-state index contributed by atoms with van der Waals surface area (Å²) >= 11 is 0. The number of hydrogen-bond acceptors (Lipinski definition) is 5. The van der Waals surface area contributed by atoms with Crippen LogP contribution in [-0.4, -0.2) is 34.8 Å². The van der Waals surface area contributed by atoms with Gasteiger partial charge in [-0.1, -0.05) is 18.2 Å². The standard InChI is InChI=1S/C15H18FN5/c16-13-6-2-1-5-12(13)7-8-17-15-19-14(11-18-20-15)21-9-3-4-10-21/h1-2,5-6,11H,3-4,7-10H2,(H,17,19,20). The van der Waals surface area contributed by atoms with Crippen molar-refractivity contribution in [3.05, 3.63) is 41.8 Å². The molecule has 21 heavy (non-hydrogen) atoms. The summed E-state index contributed by atoms with van der Waals surface area (Å²) in [5, 5.41) is 11.1. The average Bonchev–Trinajstić information content (AvgIpc) is 3.04. The van der Waals surface area contributed by atoms with Gasteiger partial charge in [0.05, 0.1) is 6.20 Å². The Morgan fingerprint density at radius 1 is 1.19 bits per heavy atom. The van der Waals surface area contributed by atoms with Crippen LogP contribution in [0.3, 0.4) is 0 Å². The number of hydrogen-bond donors (Lipinski definition) is 1. The van der Waals surface area contributed by atoms with E-state index in [1.807, 2.05) is 6.07 Å². The van der Waals surface area contributed by atoms with Gasteiger partial charge in [0.15, 0.2) is 5.82 Å². The molecule has 0 amide bonds. The second-order valence-corrected chi connectivity index (χ2v) is 5.10. The summed E-state index contributed by atoms with van der Waals surface area (Å²) in [6.45, 7) is 2.62. The van der Waals surface area contributed by atoms with Crippen LogP contribution in [0.1, 0.15) is 18.4 Å². The molecule has 3 rings (SSSR count). The lowest BCUT2D eigenvalue weighted by Gasteiger charge is -2.15. The molecule has 0 radical (unpaired) electrons. The van der Waals surface area contributed by atoms with E-state index in [1.54, 1.807) is 18.3 Å². The van der Waals surface area contributed by atoms with Crippen molar-refractivity contribution >= 4 is 11.8 Å². The van der Waals surface area contributed by atoms with Crippen LogP contribution >= 0.6 is 0 Å². The van der Waals surface area contributed by atoms with Gasteiger partial charge in [0.25, 0.3) is 0 Å². The maximum atomic E-state index is 13.5. The van der Waals surface area contributed by atoms with E-state index in [2.05, 4.69) is 25.4 Å². The number of benzene rings is 1. The van der Waals surface area contributed by atoms with Gasteiger partial charge in [-0.15, -0.1) is 5.10 Å². The number of halogens is 1. The number of nitrogens with one attached hydrogen (secondary N) is 1. The molecular formula is C15H18FN5. The number of aromatic nitrogens is 3. The van der Waals surface area contributed by atoms with E-state index in [-0.39, 0.29) is 5.82 Å². The predicted octanol–water partition coefficient (Wildman–Crippen LogP) is 2.27. The van der Waals surface area contributed by atoms with E-state index in [0.717, 1.165) is 18.9 Å². The first-order chi connectivity index (χ1) is 10.3. The van der Waals surface area contributed by atoms with Gasteiger partial charge in [0.2, 0.25) is 5.95 Å². The molecule has 1 aliphatic rings. The van der Waals surface area contributed by atoms with Gasteiger partial charge in [0.1, 0.15) is 5.82 Å². The highest BCUT2D eigenvalue weighted by molar-refractivity contribution is 5.41. The average molecular weight is 287 g/mol. The fourth-order valence-electron chi connectivity index (χ4n) is 2.48. The van der Waals surface area contributed by atoms with Crippen molar-refractivity contribution in [3.8, 4) is 0 Å². The van der Waals surface area contributed by atoms with E-state index in [9.17, 15) is 4.39 Å². The summed E-state index contributed by atoms with van der Waals surface area (Å²) in [6, 6.07) is 6.79. The second kappa shape index (κ2) is 6.47. The van der Waals surface area contributed by atoms with Crippen molar-refractivity contribution in [3.63, 3.8) is 0 Å². The summed E-state index contributed by atoms with van der Waals surface area (Å²) in [7, 11) is 0. The molecule has 0 atom stereocenters. The molecule has 5 nitrogen and oxygen atoms in total. The lowest BCUT2D eigenvalue weighted by molar-refractivity contribution is 0.610. The van der Waals surface area contributed by atoms with Gasteiger partial charge in [-0.05, 0) is 30.9 Å². The van der Waals surface area contributed by atoms with E-state index < -0.39 is 0 Å². The van der Waals surface area contributed by atoms with Crippen molar-refractivity contribution in [2.75, 3.05) is 29.9 Å². The normalized spacial score (nSPS) is 14.4. The SMILES string of the molecule is Fc1ccccc1CCNc1nncc(N2CCCC2)n1. The Morgan fingerprint density at radius 3 is 2.81 bits per heavy atom. The van der Waals surface area contributed by atoms with Gasteiger partial charge >= 0.3 is 0 Å². The minimum atomic E-state index is -0.177. The third-order valence-electron chi connectivity index (χ3n) is 3.61. The molecule has 0 spiro atoms. The molecular weight excluding hydrogens is 269 g/mol. The van der Waals surface area contributed by atoms with Crippen LogP contribution < -0.4 is 10.2 Å². The lowest BCUT2D eigenvalue weighted by Crippen LogP contribution is -2.20. The fraction of sp³-hybridized carbons (Fsp3) is 0.400. The van der Waals surface area contributed by atoms with Crippen LogP contribution in [0.2, 0.25) is 0 Å². The van der Waals surface area contributed by atoms with Crippen LogP contribution in [0, 0.1) is 5.82 Å². The summed E-state index contributed by atoms with van der Waals surface area (Å²) in [4.78, 5) is 6.66. The van der Waals surface area contributed by atoms with Gasteiger partial charge in [0, 0.05) is 19.6 Å². The maximum absolute atomic E-state index is 13.5. The Kier molecular flexibility index (Phi) is 4.23. The first kappa shape index (κ1) is 13.7. The van der Waals surface area contributed by atoms with Crippen molar-refractivity contribution in [1.82, 2.24) is 15.2 Å². The predicted molar refractivity (Wildman–Crippen MR) is 79.9 cm³/mol. The number of rotatable bonds is 5. The lowest BCUT2D eigenvalue weighted by atomic mass is 10.1. The highest BCUT2D eigenvalue weighted by atomic mass is 19.1. The highest BCUT2D eigenvalue weighted by Crippen LogP contribution is 2.17. The van der Waals surface area contributed by atoms with E-state index in [0.29, 0.717) is 24.5 Å². The van der Waals surface area contributed by atoms with E-state index >= 15 is 0 Å². The Morgan fingerprint density at radius 2 is 2.00 bits per heavy atom. The molecule has 1 aliphatic heterocycles. The molecule has 1 aromatic carbocycles. The smallest absolute Gasteiger partial charge is 0.244 e. The summed E-state index contributed by atoms with van der Waals surface area (Å²) in [6.07, 6.45) is 4.66. The van der Waals surface area contributed by atoms with Crippen LogP contribution in [0.25, 0.3) is 0 Å². The van der Waals surface area contributed by atoms with Crippen molar-refractivity contribution in [1.29, 1.82) is 0 Å². The van der Waals surface area contributed by atoms with Crippen LogP contribution in [0.5, 0.6) is 0 Å².